The van der Waals surface area contributed by atoms with E-state index in [1.54, 1.807) is 24.3 Å². The molecule has 5 heteroatoms. The van der Waals surface area contributed by atoms with Crippen molar-refractivity contribution in [3.8, 4) is 0 Å². The summed E-state index contributed by atoms with van der Waals surface area (Å²) in [5.74, 6) is 2.11. The minimum absolute atomic E-state index is 0.0996. The van der Waals surface area contributed by atoms with Crippen molar-refractivity contribution in [3.05, 3.63) is 34.0 Å². The van der Waals surface area contributed by atoms with Gasteiger partial charge in [-0.3, -0.25) is 4.79 Å². The summed E-state index contributed by atoms with van der Waals surface area (Å²) in [6.07, 6.45) is 3.70. The Hall–Kier alpha value is -0.780. The molecule has 1 aromatic heterocycles. The fraction of sp³-hybridized carbons (Fsp3) is 0.500. The molecule has 1 fully saturated rings. The minimum atomic E-state index is -1.00. The summed E-state index contributed by atoms with van der Waals surface area (Å²) in [6, 6.07) is 1.88. The first-order valence-electron chi connectivity index (χ1n) is 6.38. The van der Waals surface area contributed by atoms with Crippen LogP contribution in [0.15, 0.2) is 28.5 Å². The topological polar surface area (TPSA) is 49.3 Å². The van der Waals surface area contributed by atoms with Crippen LogP contribution < -0.4 is 5.32 Å². The van der Waals surface area contributed by atoms with Crippen molar-refractivity contribution in [1.82, 2.24) is 5.32 Å². The van der Waals surface area contributed by atoms with E-state index in [1.807, 2.05) is 28.6 Å². The quantitative estimate of drug-likeness (QED) is 0.840. The van der Waals surface area contributed by atoms with Gasteiger partial charge in [-0.2, -0.15) is 23.1 Å². The van der Waals surface area contributed by atoms with Crippen molar-refractivity contribution in [2.75, 3.05) is 18.1 Å². The maximum absolute atomic E-state index is 11.8. The van der Waals surface area contributed by atoms with E-state index in [2.05, 4.69) is 5.32 Å². The lowest BCUT2D eigenvalue weighted by molar-refractivity contribution is -0.117. The molecule has 2 heterocycles. The van der Waals surface area contributed by atoms with Crippen molar-refractivity contribution in [2.45, 2.75) is 25.4 Å². The Kier molecular flexibility index (Phi) is 5.07. The number of carbonyl (C=O) groups excluding carboxylic acids is 1. The first kappa shape index (κ1) is 14.6. The molecule has 0 spiro atoms. The Morgan fingerprint density at radius 2 is 2.26 bits per heavy atom. The standard InChI is InChI=1S/C14H19NO2S2/c1-14(17,12-4-7-19-9-12)10-15-13(16)8-11-2-5-18-6-3-11/h4,7-9,17H,2-3,5-6,10H2,1H3,(H,15,16). The number of hydrogen-bond acceptors (Lipinski definition) is 4. The van der Waals surface area contributed by atoms with E-state index in [1.165, 1.54) is 5.57 Å². The SMILES string of the molecule is CC(O)(CNC(=O)C=C1CCSCC1)c1ccsc1. The van der Waals surface area contributed by atoms with Gasteiger partial charge < -0.3 is 10.4 Å². The predicted molar refractivity (Wildman–Crippen MR) is 81.5 cm³/mol. The lowest BCUT2D eigenvalue weighted by Crippen LogP contribution is -2.37. The fourth-order valence-electron chi connectivity index (χ4n) is 1.95. The van der Waals surface area contributed by atoms with Gasteiger partial charge in [0, 0.05) is 6.08 Å². The zero-order valence-electron chi connectivity index (χ0n) is 11.0. The molecular weight excluding hydrogens is 278 g/mol. The molecule has 1 aliphatic rings. The van der Waals surface area contributed by atoms with Crippen molar-refractivity contribution in [2.24, 2.45) is 0 Å². The second kappa shape index (κ2) is 6.59. The highest BCUT2D eigenvalue weighted by molar-refractivity contribution is 7.99. The molecule has 2 N–H and O–H groups in total. The molecule has 3 nitrogen and oxygen atoms in total. The number of thiophene rings is 1. The van der Waals surface area contributed by atoms with Crippen molar-refractivity contribution in [1.29, 1.82) is 0 Å². The Morgan fingerprint density at radius 1 is 1.53 bits per heavy atom. The second-order valence-electron chi connectivity index (χ2n) is 4.92. The summed E-state index contributed by atoms with van der Waals surface area (Å²) >= 11 is 3.47. The monoisotopic (exact) mass is 297 g/mol. The van der Waals surface area contributed by atoms with Gasteiger partial charge in [-0.25, -0.2) is 0 Å². The molecule has 0 radical (unpaired) electrons. The van der Waals surface area contributed by atoms with Gasteiger partial charge in [0.05, 0.1) is 6.54 Å². The van der Waals surface area contributed by atoms with Crippen LogP contribution in [0.1, 0.15) is 25.3 Å². The Labute approximate surface area is 122 Å². The van der Waals surface area contributed by atoms with Gasteiger partial charge in [-0.1, -0.05) is 5.57 Å². The van der Waals surface area contributed by atoms with Crippen LogP contribution in [0.5, 0.6) is 0 Å². The summed E-state index contributed by atoms with van der Waals surface area (Å²) in [5, 5.41) is 16.9. The third-order valence-electron chi connectivity index (χ3n) is 3.22. The number of aliphatic hydroxyl groups is 1. The van der Waals surface area contributed by atoms with Gasteiger partial charge in [-0.15, -0.1) is 0 Å². The van der Waals surface area contributed by atoms with Gasteiger partial charge >= 0.3 is 0 Å². The third-order valence-corrected chi connectivity index (χ3v) is 4.89. The molecule has 2 rings (SSSR count). The number of thioether (sulfide) groups is 1. The van der Waals surface area contributed by atoms with E-state index >= 15 is 0 Å². The maximum atomic E-state index is 11.8. The third kappa shape index (κ3) is 4.37. The highest BCUT2D eigenvalue weighted by atomic mass is 32.2. The average Bonchev–Trinajstić information content (AvgIpc) is 2.92. The van der Waals surface area contributed by atoms with Crippen molar-refractivity contribution < 1.29 is 9.90 Å². The van der Waals surface area contributed by atoms with Crippen LogP contribution in [0.3, 0.4) is 0 Å². The summed E-state index contributed by atoms with van der Waals surface area (Å²) in [5.41, 5.74) is 1.06. The predicted octanol–water partition coefficient (Wildman–Crippen LogP) is 2.53. The Bertz CT molecular complexity index is 444. The molecule has 1 unspecified atom stereocenters. The fourth-order valence-corrected chi connectivity index (χ4v) is 3.75. The van der Waals surface area contributed by atoms with Crippen LogP contribution in [0.2, 0.25) is 0 Å². The van der Waals surface area contributed by atoms with Gasteiger partial charge in [0.2, 0.25) is 5.91 Å². The van der Waals surface area contributed by atoms with E-state index in [0.717, 1.165) is 29.9 Å². The summed E-state index contributed by atoms with van der Waals surface area (Å²) < 4.78 is 0. The smallest absolute Gasteiger partial charge is 0.244 e. The van der Waals surface area contributed by atoms with Gasteiger partial charge in [-0.05, 0) is 53.7 Å². The summed E-state index contributed by atoms with van der Waals surface area (Å²) in [4.78, 5) is 11.8. The summed E-state index contributed by atoms with van der Waals surface area (Å²) in [7, 11) is 0. The van der Waals surface area contributed by atoms with E-state index in [4.69, 9.17) is 0 Å². The largest absolute Gasteiger partial charge is 0.384 e. The molecule has 1 saturated heterocycles. The lowest BCUT2D eigenvalue weighted by Gasteiger charge is -2.22. The van der Waals surface area contributed by atoms with Crippen LogP contribution >= 0.6 is 23.1 Å². The molecule has 1 aliphatic heterocycles. The zero-order valence-corrected chi connectivity index (χ0v) is 12.6. The van der Waals surface area contributed by atoms with Crippen LogP contribution in [-0.4, -0.2) is 29.1 Å². The normalized spacial score (nSPS) is 18.7. The van der Waals surface area contributed by atoms with Gasteiger partial charge in [0.15, 0.2) is 0 Å². The number of amides is 1. The lowest BCUT2D eigenvalue weighted by atomic mass is 9.99. The minimum Gasteiger partial charge on any atom is -0.384 e. The summed E-state index contributed by atoms with van der Waals surface area (Å²) in [6.45, 7) is 1.96. The molecule has 19 heavy (non-hydrogen) atoms. The molecule has 1 aromatic rings. The highest BCUT2D eigenvalue weighted by Crippen LogP contribution is 2.23. The van der Waals surface area contributed by atoms with E-state index < -0.39 is 5.60 Å². The maximum Gasteiger partial charge on any atom is 0.244 e. The number of carbonyl (C=O) groups is 1. The number of nitrogens with one attached hydrogen (secondary N) is 1. The number of rotatable bonds is 4. The van der Waals surface area contributed by atoms with Crippen LogP contribution in [-0.2, 0) is 10.4 Å². The molecule has 1 atom stereocenters. The van der Waals surface area contributed by atoms with E-state index in [-0.39, 0.29) is 12.5 Å². The van der Waals surface area contributed by atoms with Crippen LogP contribution in [0, 0.1) is 0 Å². The van der Waals surface area contributed by atoms with E-state index in [0.29, 0.717) is 0 Å². The molecule has 1 amide bonds. The Balaban J connectivity index is 1.86. The first-order valence-corrected chi connectivity index (χ1v) is 8.48. The molecule has 0 aliphatic carbocycles. The van der Waals surface area contributed by atoms with Gasteiger partial charge in [0.25, 0.3) is 0 Å². The van der Waals surface area contributed by atoms with Crippen LogP contribution in [0.4, 0.5) is 0 Å². The average molecular weight is 297 g/mol. The first-order chi connectivity index (χ1) is 9.08. The highest BCUT2D eigenvalue weighted by Gasteiger charge is 2.23. The van der Waals surface area contributed by atoms with Gasteiger partial charge in [0.1, 0.15) is 5.60 Å². The molecule has 0 aromatic carbocycles. The van der Waals surface area contributed by atoms with E-state index in [9.17, 15) is 9.90 Å². The number of allylic oxidation sites excluding steroid dienone is 1. The molecular formula is C14H19NO2S2. The molecule has 0 saturated carbocycles. The Morgan fingerprint density at radius 3 is 2.89 bits per heavy atom. The van der Waals surface area contributed by atoms with Crippen molar-refractivity contribution in [3.63, 3.8) is 0 Å². The van der Waals surface area contributed by atoms with Crippen molar-refractivity contribution >= 4 is 29.0 Å². The second-order valence-corrected chi connectivity index (χ2v) is 6.92. The zero-order chi connectivity index (χ0) is 13.7. The number of hydrogen-bond donors (Lipinski definition) is 2. The molecule has 104 valence electrons. The van der Waals surface area contributed by atoms with Crippen LogP contribution in [0.25, 0.3) is 0 Å². The molecule has 0 bridgehead atoms.